The highest BCUT2D eigenvalue weighted by molar-refractivity contribution is 5.87. The summed E-state index contributed by atoms with van der Waals surface area (Å²) in [6.07, 6.45) is 5.42. The van der Waals surface area contributed by atoms with E-state index in [0.717, 1.165) is 37.0 Å². The summed E-state index contributed by atoms with van der Waals surface area (Å²) < 4.78 is 6.06. The van der Waals surface area contributed by atoms with E-state index in [2.05, 4.69) is 37.3 Å². The Morgan fingerprint density at radius 2 is 1.97 bits per heavy atom. The summed E-state index contributed by atoms with van der Waals surface area (Å²) in [5.74, 6) is 2.01. The lowest BCUT2D eigenvalue weighted by Crippen LogP contribution is -2.44. The van der Waals surface area contributed by atoms with Crippen LogP contribution in [-0.2, 0) is 22.6 Å². The molecule has 0 aromatic heterocycles. The van der Waals surface area contributed by atoms with Gasteiger partial charge in [-0.2, -0.15) is 0 Å². The average molecular weight is 433 g/mol. The highest BCUT2D eigenvalue weighted by atomic mass is 16.5. The Balaban J connectivity index is 1.35. The van der Waals surface area contributed by atoms with E-state index in [0.29, 0.717) is 43.0 Å². The van der Waals surface area contributed by atoms with Crippen LogP contribution in [0.5, 0.6) is 5.75 Å². The molecule has 3 aliphatic rings. The Kier molecular flexibility index (Phi) is 5.56. The van der Waals surface area contributed by atoms with Crippen LogP contribution < -0.4 is 4.74 Å². The Labute approximate surface area is 190 Å². The fourth-order valence-electron chi connectivity index (χ4n) is 7.02. The Morgan fingerprint density at radius 3 is 2.75 bits per heavy atom. The van der Waals surface area contributed by atoms with Crippen LogP contribution in [-0.4, -0.2) is 16.9 Å². The number of carbonyl (C=O) groups excluding carboxylic acids is 1. The molecule has 0 bridgehead atoms. The van der Waals surface area contributed by atoms with E-state index < -0.39 is 5.97 Å². The number of Topliss-reactive ketones (excluding diaryl/α,β-unsaturated/α-hetero) is 1. The minimum Gasteiger partial charge on any atom is -0.489 e. The van der Waals surface area contributed by atoms with Gasteiger partial charge in [-0.05, 0) is 84.6 Å². The van der Waals surface area contributed by atoms with Gasteiger partial charge in [-0.15, -0.1) is 0 Å². The molecule has 2 aromatic rings. The number of ether oxygens (including phenoxy) is 1. The number of fused-ring (bicyclic) bond motifs is 5. The van der Waals surface area contributed by atoms with Gasteiger partial charge in [0.15, 0.2) is 0 Å². The maximum atomic E-state index is 13.0. The number of hydrogen-bond acceptors (Lipinski definition) is 3. The van der Waals surface area contributed by atoms with E-state index >= 15 is 0 Å². The molecule has 0 amide bonds. The lowest BCUT2D eigenvalue weighted by molar-refractivity contribution is -0.137. The molecule has 0 aliphatic heterocycles. The van der Waals surface area contributed by atoms with Gasteiger partial charge in [0.2, 0.25) is 0 Å². The minimum atomic E-state index is -0.754. The topological polar surface area (TPSA) is 63.6 Å². The Hall–Kier alpha value is -2.62. The fraction of sp³-hybridized carbons (Fsp3) is 0.500. The SMILES string of the molecule is C[C@]12CCC3c4ccc(OCc5ccccc5)cc4CCC3C1[C@H](CCC(=O)O)CC2=O. The van der Waals surface area contributed by atoms with Crippen LogP contribution in [0.1, 0.15) is 68.1 Å². The van der Waals surface area contributed by atoms with Crippen molar-refractivity contribution in [2.45, 2.75) is 64.4 Å². The summed E-state index contributed by atoms with van der Waals surface area (Å²) >= 11 is 0. The molecule has 2 fully saturated rings. The first kappa shape index (κ1) is 21.2. The van der Waals surface area contributed by atoms with Gasteiger partial charge in [0.25, 0.3) is 0 Å². The van der Waals surface area contributed by atoms with Crippen molar-refractivity contribution in [1.29, 1.82) is 0 Å². The summed E-state index contributed by atoms with van der Waals surface area (Å²) in [5, 5.41) is 9.21. The molecular weight excluding hydrogens is 400 g/mol. The summed E-state index contributed by atoms with van der Waals surface area (Å²) in [7, 11) is 0. The van der Waals surface area contributed by atoms with Crippen LogP contribution in [0.4, 0.5) is 0 Å². The van der Waals surface area contributed by atoms with Crippen LogP contribution in [0.2, 0.25) is 0 Å². The molecule has 32 heavy (non-hydrogen) atoms. The first-order chi connectivity index (χ1) is 15.5. The zero-order valence-electron chi connectivity index (χ0n) is 18.8. The van der Waals surface area contributed by atoms with E-state index in [1.54, 1.807) is 0 Å². The predicted molar refractivity (Wildman–Crippen MR) is 123 cm³/mol. The van der Waals surface area contributed by atoms with Crippen LogP contribution >= 0.6 is 0 Å². The number of carbonyl (C=O) groups is 2. The number of hydrogen-bond donors (Lipinski definition) is 1. The number of ketones is 1. The van der Waals surface area contributed by atoms with Crippen molar-refractivity contribution in [2.75, 3.05) is 0 Å². The highest BCUT2D eigenvalue weighted by Crippen LogP contribution is 2.62. The van der Waals surface area contributed by atoms with Crippen molar-refractivity contribution in [3.05, 3.63) is 65.2 Å². The van der Waals surface area contributed by atoms with Crippen LogP contribution in [0.15, 0.2) is 48.5 Å². The molecule has 2 aromatic carbocycles. The van der Waals surface area contributed by atoms with Gasteiger partial charge in [0.05, 0.1) is 0 Å². The molecule has 5 rings (SSSR count). The summed E-state index contributed by atoms with van der Waals surface area (Å²) in [6.45, 7) is 2.73. The Bertz CT molecular complexity index is 1010. The molecule has 3 unspecified atom stereocenters. The largest absolute Gasteiger partial charge is 0.489 e. The summed E-state index contributed by atoms with van der Waals surface area (Å²) in [6, 6.07) is 16.8. The average Bonchev–Trinajstić information content (AvgIpc) is 3.06. The molecule has 3 aliphatic carbocycles. The van der Waals surface area contributed by atoms with E-state index in [9.17, 15) is 14.7 Å². The number of benzene rings is 2. The fourth-order valence-corrected chi connectivity index (χ4v) is 7.02. The highest BCUT2D eigenvalue weighted by Gasteiger charge is 2.58. The van der Waals surface area contributed by atoms with E-state index in [4.69, 9.17) is 4.74 Å². The molecule has 4 nitrogen and oxygen atoms in total. The lowest BCUT2D eigenvalue weighted by atomic mass is 9.54. The summed E-state index contributed by atoms with van der Waals surface area (Å²) in [4.78, 5) is 24.2. The second-order valence-corrected chi connectivity index (χ2v) is 10.2. The van der Waals surface area contributed by atoms with Gasteiger partial charge < -0.3 is 9.84 Å². The minimum absolute atomic E-state index is 0.167. The third-order valence-electron chi connectivity index (χ3n) is 8.52. The Morgan fingerprint density at radius 1 is 1.16 bits per heavy atom. The second kappa shape index (κ2) is 8.38. The standard InChI is InChI=1S/C28H32O4/c1-28-14-13-23-22-11-9-21(32-17-18-5-3-2-4-6-18)15-19(22)7-10-24(23)27(28)20(16-25(28)29)8-12-26(30)31/h2-6,9,11,15,20,23-24,27H,7-8,10,12-14,16-17H2,1H3,(H,30,31)/t20-,23?,24?,27?,28-/m1/s1. The van der Waals surface area contributed by atoms with Crippen LogP contribution in [0.3, 0.4) is 0 Å². The molecule has 5 atom stereocenters. The summed E-state index contributed by atoms with van der Waals surface area (Å²) in [5.41, 5.74) is 3.70. The van der Waals surface area contributed by atoms with Gasteiger partial charge in [-0.1, -0.05) is 43.3 Å². The van der Waals surface area contributed by atoms with E-state index in [1.165, 1.54) is 11.1 Å². The number of aryl methyl sites for hydroxylation is 1. The van der Waals surface area contributed by atoms with Gasteiger partial charge in [0, 0.05) is 18.3 Å². The monoisotopic (exact) mass is 432 g/mol. The van der Waals surface area contributed by atoms with Crippen LogP contribution in [0, 0.1) is 23.2 Å². The van der Waals surface area contributed by atoms with Gasteiger partial charge in [0.1, 0.15) is 18.1 Å². The number of aliphatic carboxylic acids is 1. The van der Waals surface area contributed by atoms with Gasteiger partial charge >= 0.3 is 5.97 Å². The molecule has 2 saturated carbocycles. The zero-order valence-corrected chi connectivity index (χ0v) is 18.8. The van der Waals surface area contributed by atoms with Crippen molar-refractivity contribution in [3.8, 4) is 5.75 Å². The lowest BCUT2D eigenvalue weighted by Gasteiger charge is -2.50. The molecule has 0 heterocycles. The van der Waals surface area contributed by atoms with Crippen molar-refractivity contribution in [2.24, 2.45) is 23.2 Å². The molecule has 0 saturated heterocycles. The molecule has 168 valence electrons. The van der Waals surface area contributed by atoms with Gasteiger partial charge in [-0.25, -0.2) is 0 Å². The van der Waals surface area contributed by atoms with Crippen molar-refractivity contribution < 1.29 is 19.4 Å². The second-order valence-electron chi connectivity index (χ2n) is 10.2. The molecule has 1 N–H and O–H groups in total. The number of rotatable bonds is 6. The van der Waals surface area contributed by atoms with Gasteiger partial charge in [-0.3, -0.25) is 9.59 Å². The molecule has 0 spiro atoms. The third kappa shape index (κ3) is 3.74. The third-order valence-corrected chi connectivity index (χ3v) is 8.52. The molecule has 4 heteroatoms. The molecular formula is C28H32O4. The normalized spacial score (nSPS) is 30.8. The van der Waals surface area contributed by atoms with E-state index in [1.807, 2.05) is 18.2 Å². The van der Waals surface area contributed by atoms with Crippen molar-refractivity contribution in [1.82, 2.24) is 0 Å². The molecule has 0 radical (unpaired) electrons. The van der Waals surface area contributed by atoms with Crippen molar-refractivity contribution in [3.63, 3.8) is 0 Å². The maximum absolute atomic E-state index is 13.0. The predicted octanol–water partition coefficient (Wildman–Crippen LogP) is 5.78. The maximum Gasteiger partial charge on any atom is 0.303 e. The van der Waals surface area contributed by atoms with Crippen molar-refractivity contribution >= 4 is 11.8 Å². The number of carboxylic acids is 1. The first-order valence-electron chi connectivity index (χ1n) is 12.0. The number of carboxylic acid groups (broad SMARTS) is 1. The smallest absolute Gasteiger partial charge is 0.303 e. The quantitative estimate of drug-likeness (QED) is 0.628. The van der Waals surface area contributed by atoms with E-state index in [-0.39, 0.29) is 17.8 Å². The first-order valence-corrected chi connectivity index (χ1v) is 12.0. The van der Waals surface area contributed by atoms with Crippen LogP contribution in [0.25, 0.3) is 0 Å². The zero-order chi connectivity index (χ0) is 22.3.